The molecule has 2 aromatic rings. The number of likely N-dealkylation sites (N-methyl/N-ethyl adjacent to an activating group) is 1. The Balaban J connectivity index is 2.27. The summed E-state index contributed by atoms with van der Waals surface area (Å²) in [6, 6.07) is 5.75. The van der Waals surface area contributed by atoms with Gasteiger partial charge in [-0.3, -0.25) is 0 Å². The number of rotatable bonds is 6. The summed E-state index contributed by atoms with van der Waals surface area (Å²) in [6.07, 6.45) is 1.67. The number of hydrogen-bond donors (Lipinski definition) is 1. The summed E-state index contributed by atoms with van der Waals surface area (Å²) in [6.45, 7) is 5.06. The van der Waals surface area contributed by atoms with Crippen LogP contribution in [0.3, 0.4) is 0 Å². The summed E-state index contributed by atoms with van der Waals surface area (Å²) in [7, 11) is 0. The fraction of sp³-hybridized carbons (Fsp3) is 0.429. The van der Waals surface area contributed by atoms with Crippen molar-refractivity contribution in [2.75, 3.05) is 6.54 Å². The number of nitrogens with zero attached hydrogens (tertiary/aromatic N) is 2. The molecule has 1 heterocycles. The Hall–Kier alpha value is -0.680. The van der Waals surface area contributed by atoms with E-state index in [1.165, 1.54) is 16.4 Å². The van der Waals surface area contributed by atoms with Crippen LogP contribution in [0.4, 0.5) is 0 Å². The maximum atomic E-state index is 6.26. The van der Waals surface area contributed by atoms with Gasteiger partial charge in [0, 0.05) is 16.1 Å². The molecule has 108 valence electrons. The zero-order valence-corrected chi connectivity index (χ0v) is 13.8. The molecule has 0 amide bonds. The molecule has 0 aliphatic heterocycles. The Bertz CT molecular complexity index is 571. The van der Waals surface area contributed by atoms with Crippen molar-refractivity contribution >= 4 is 34.7 Å². The van der Waals surface area contributed by atoms with E-state index in [4.69, 9.17) is 23.2 Å². The first-order valence-corrected chi connectivity index (χ1v) is 8.17. The van der Waals surface area contributed by atoms with E-state index < -0.39 is 0 Å². The Morgan fingerprint density at radius 1 is 1.30 bits per heavy atom. The van der Waals surface area contributed by atoms with Crippen molar-refractivity contribution in [2.45, 2.75) is 32.7 Å². The number of benzene rings is 1. The molecular weight excluding hydrogens is 313 g/mol. The lowest BCUT2D eigenvalue weighted by Crippen LogP contribution is -2.23. The number of aryl methyl sites for hydroxylation is 1. The quantitative estimate of drug-likeness (QED) is 0.858. The molecule has 6 heteroatoms. The van der Waals surface area contributed by atoms with Gasteiger partial charge in [0.1, 0.15) is 0 Å². The maximum absolute atomic E-state index is 6.26. The lowest BCUT2D eigenvalue weighted by Gasteiger charge is -2.18. The van der Waals surface area contributed by atoms with Crippen LogP contribution in [0.15, 0.2) is 18.2 Å². The van der Waals surface area contributed by atoms with Crippen LogP contribution in [-0.2, 0) is 12.8 Å². The normalized spacial score (nSPS) is 12.6. The van der Waals surface area contributed by atoms with Gasteiger partial charge < -0.3 is 5.32 Å². The molecule has 0 fully saturated rings. The molecule has 1 unspecified atom stereocenters. The molecule has 3 nitrogen and oxygen atoms in total. The van der Waals surface area contributed by atoms with Gasteiger partial charge in [0.25, 0.3) is 0 Å². The standard InChI is InChI=1S/C14H17Cl2N3S/c1-3-12-14(20-19-18-12)13(17-4-2)8-9-7-10(15)5-6-11(9)16/h5-7,13,17H,3-4,8H2,1-2H3. The van der Waals surface area contributed by atoms with Gasteiger partial charge in [-0.15, -0.1) is 5.10 Å². The first-order chi connectivity index (χ1) is 9.65. The maximum Gasteiger partial charge on any atom is 0.0801 e. The lowest BCUT2D eigenvalue weighted by molar-refractivity contribution is 0.553. The third-order valence-electron chi connectivity index (χ3n) is 3.12. The van der Waals surface area contributed by atoms with E-state index in [1.54, 1.807) is 6.07 Å². The molecule has 0 saturated heterocycles. The average molecular weight is 330 g/mol. The van der Waals surface area contributed by atoms with Gasteiger partial charge >= 0.3 is 0 Å². The van der Waals surface area contributed by atoms with Gasteiger partial charge in [-0.25, -0.2) is 0 Å². The summed E-state index contributed by atoms with van der Waals surface area (Å²) in [5.41, 5.74) is 2.10. The molecule has 0 radical (unpaired) electrons. The third-order valence-corrected chi connectivity index (χ3v) is 4.60. The molecule has 1 N–H and O–H groups in total. The van der Waals surface area contributed by atoms with E-state index in [-0.39, 0.29) is 6.04 Å². The largest absolute Gasteiger partial charge is 0.309 e. The van der Waals surface area contributed by atoms with Crippen LogP contribution in [0.1, 0.15) is 36.0 Å². The van der Waals surface area contributed by atoms with Gasteiger partial charge in [0.2, 0.25) is 0 Å². The Morgan fingerprint density at radius 2 is 2.10 bits per heavy atom. The van der Waals surface area contributed by atoms with E-state index in [0.29, 0.717) is 5.02 Å². The molecule has 2 rings (SSSR count). The monoisotopic (exact) mass is 329 g/mol. The first-order valence-electron chi connectivity index (χ1n) is 6.64. The second kappa shape index (κ2) is 7.36. The first kappa shape index (κ1) is 15.7. The topological polar surface area (TPSA) is 37.8 Å². The van der Waals surface area contributed by atoms with Crippen molar-refractivity contribution in [1.82, 2.24) is 14.9 Å². The van der Waals surface area contributed by atoms with E-state index in [0.717, 1.165) is 35.7 Å². The number of nitrogens with one attached hydrogen (secondary N) is 1. The Morgan fingerprint density at radius 3 is 2.80 bits per heavy atom. The zero-order valence-electron chi connectivity index (χ0n) is 11.5. The van der Waals surface area contributed by atoms with Crippen molar-refractivity contribution in [2.24, 2.45) is 0 Å². The van der Waals surface area contributed by atoms with Gasteiger partial charge in [0.15, 0.2) is 0 Å². The van der Waals surface area contributed by atoms with E-state index >= 15 is 0 Å². The van der Waals surface area contributed by atoms with Crippen LogP contribution in [0.5, 0.6) is 0 Å². The summed E-state index contributed by atoms with van der Waals surface area (Å²) >= 11 is 13.8. The van der Waals surface area contributed by atoms with Crippen LogP contribution in [0, 0.1) is 0 Å². The summed E-state index contributed by atoms with van der Waals surface area (Å²) in [5.74, 6) is 0. The van der Waals surface area contributed by atoms with Crippen LogP contribution in [-0.4, -0.2) is 16.1 Å². The molecule has 1 aromatic carbocycles. The molecule has 0 bridgehead atoms. The summed E-state index contributed by atoms with van der Waals surface area (Å²) in [5, 5.41) is 9.12. The molecule has 0 aliphatic rings. The predicted octanol–water partition coefficient (Wildman–Crippen LogP) is 4.30. The highest BCUT2D eigenvalue weighted by Crippen LogP contribution is 2.29. The Kier molecular flexibility index (Phi) is 5.78. The SMILES string of the molecule is CCNC(Cc1cc(Cl)ccc1Cl)c1snnc1CC. The second-order valence-electron chi connectivity index (χ2n) is 4.49. The fourth-order valence-corrected chi connectivity index (χ4v) is 3.35. The number of aromatic nitrogens is 2. The van der Waals surface area contributed by atoms with Crippen LogP contribution >= 0.6 is 34.7 Å². The second-order valence-corrected chi connectivity index (χ2v) is 6.12. The van der Waals surface area contributed by atoms with Crippen LogP contribution in [0.25, 0.3) is 0 Å². The van der Waals surface area contributed by atoms with Crippen molar-refractivity contribution in [3.63, 3.8) is 0 Å². The predicted molar refractivity (Wildman–Crippen MR) is 85.9 cm³/mol. The highest BCUT2D eigenvalue weighted by atomic mass is 35.5. The molecule has 1 aromatic heterocycles. The molecule has 0 aliphatic carbocycles. The minimum absolute atomic E-state index is 0.172. The molecule has 0 spiro atoms. The molecule has 1 atom stereocenters. The van der Waals surface area contributed by atoms with Gasteiger partial charge in [0.05, 0.1) is 10.6 Å². The molecule has 20 heavy (non-hydrogen) atoms. The number of hydrogen-bond acceptors (Lipinski definition) is 4. The van der Waals surface area contributed by atoms with Crippen molar-refractivity contribution < 1.29 is 0 Å². The van der Waals surface area contributed by atoms with E-state index in [9.17, 15) is 0 Å². The number of halogens is 2. The van der Waals surface area contributed by atoms with Crippen LogP contribution < -0.4 is 5.32 Å². The minimum Gasteiger partial charge on any atom is -0.309 e. The highest BCUT2D eigenvalue weighted by molar-refractivity contribution is 7.05. The summed E-state index contributed by atoms with van der Waals surface area (Å²) in [4.78, 5) is 1.19. The van der Waals surface area contributed by atoms with Crippen molar-refractivity contribution in [1.29, 1.82) is 0 Å². The van der Waals surface area contributed by atoms with Gasteiger partial charge in [-0.2, -0.15) is 0 Å². The zero-order chi connectivity index (χ0) is 14.5. The smallest absolute Gasteiger partial charge is 0.0801 e. The average Bonchev–Trinajstić information content (AvgIpc) is 2.90. The minimum atomic E-state index is 0.172. The van der Waals surface area contributed by atoms with Gasteiger partial charge in [-0.05, 0) is 54.7 Å². The highest BCUT2D eigenvalue weighted by Gasteiger charge is 2.19. The van der Waals surface area contributed by atoms with Crippen molar-refractivity contribution in [3.05, 3.63) is 44.4 Å². The van der Waals surface area contributed by atoms with Crippen molar-refractivity contribution in [3.8, 4) is 0 Å². The fourth-order valence-electron chi connectivity index (χ4n) is 2.15. The van der Waals surface area contributed by atoms with E-state index in [1.807, 2.05) is 12.1 Å². The van der Waals surface area contributed by atoms with Crippen LogP contribution in [0.2, 0.25) is 10.0 Å². The van der Waals surface area contributed by atoms with E-state index in [2.05, 4.69) is 28.8 Å². The Labute approximate surface area is 133 Å². The molecular formula is C14H17Cl2N3S. The van der Waals surface area contributed by atoms with Gasteiger partial charge in [-0.1, -0.05) is 41.5 Å². The summed E-state index contributed by atoms with van der Waals surface area (Å²) < 4.78 is 4.07. The molecule has 0 saturated carbocycles. The lowest BCUT2D eigenvalue weighted by atomic mass is 10.0. The third kappa shape index (κ3) is 3.70.